The molecule has 0 saturated carbocycles. The molecule has 1 aromatic heterocycles. The van der Waals surface area contributed by atoms with E-state index >= 15 is 0 Å². The second kappa shape index (κ2) is 8.49. The maximum absolute atomic E-state index is 12.2. The van der Waals surface area contributed by atoms with Crippen molar-refractivity contribution in [2.45, 2.75) is 5.03 Å². The van der Waals surface area contributed by atoms with Gasteiger partial charge >= 0.3 is 0 Å². The average Bonchev–Trinajstić information content (AvgIpc) is 2.72. The summed E-state index contributed by atoms with van der Waals surface area (Å²) in [6, 6.07) is 18.5. The first-order chi connectivity index (χ1) is 12.7. The molecule has 0 N–H and O–H groups in total. The number of aromatic nitrogens is 2. The Morgan fingerprint density at radius 2 is 1.77 bits per heavy atom. The number of nitrogens with zero attached hydrogens (tertiary/aromatic N) is 2. The molecule has 3 aromatic rings. The smallest absolute Gasteiger partial charge is 0.173 e. The standard InChI is InChI=1S/C20H18N2O3S/c1-24-15-8-10-19(25-2)16(12-15)17-9-11-20(22-21-17)26-13-18(23)14-6-4-3-5-7-14/h3-12H,13H2,1-2H3. The molecule has 0 bridgehead atoms. The van der Waals surface area contributed by atoms with Gasteiger partial charge in [0.25, 0.3) is 0 Å². The third kappa shape index (κ3) is 4.21. The highest BCUT2D eigenvalue weighted by Gasteiger charge is 2.11. The van der Waals surface area contributed by atoms with Gasteiger partial charge in [0, 0.05) is 11.1 Å². The number of carbonyl (C=O) groups excluding carboxylic acids is 1. The van der Waals surface area contributed by atoms with Crippen molar-refractivity contribution >= 4 is 17.5 Å². The molecule has 0 saturated heterocycles. The van der Waals surface area contributed by atoms with E-state index in [1.54, 1.807) is 14.2 Å². The van der Waals surface area contributed by atoms with Crippen molar-refractivity contribution in [1.82, 2.24) is 10.2 Å². The fraction of sp³-hybridized carbons (Fsp3) is 0.150. The number of carbonyl (C=O) groups is 1. The van der Waals surface area contributed by atoms with Gasteiger partial charge in [0.05, 0.1) is 25.7 Å². The maximum atomic E-state index is 12.2. The molecule has 26 heavy (non-hydrogen) atoms. The molecule has 0 atom stereocenters. The fourth-order valence-electron chi connectivity index (χ4n) is 2.40. The average molecular weight is 366 g/mol. The maximum Gasteiger partial charge on any atom is 0.173 e. The summed E-state index contributed by atoms with van der Waals surface area (Å²) < 4.78 is 10.6. The number of thioether (sulfide) groups is 1. The predicted octanol–water partition coefficient (Wildman–Crippen LogP) is 4.14. The van der Waals surface area contributed by atoms with Gasteiger partial charge in [0.1, 0.15) is 16.5 Å². The van der Waals surface area contributed by atoms with Crippen LogP contribution in [0.4, 0.5) is 0 Å². The van der Waals surface area contributed by atoms with Crippen LogP contribution in [0.1, 0.15) is 10.4 Å². The van der Waals surface area contributed by atoms with E-state index in [-0.39, 0.29) is 5.78 Å². The summed E-state index contributed by atoms with van der Waals surface area (Å²) in [6.07, 6.45) is 0. The molecule has 0 aliphatic rings. The molecule has 0 radical (unpaired) electrons. The monoisotopic (exact) mass is 366 g/mol. The van der Waals surface area contributed by atoms with E-state index in [2.05, 4.69) is 10.2 Å². The van der Waals surface area contributed by atoms with Crippen LogP contribution in [0.2, 0.25) is 0 Å². The van der Waals surface area contributed by atoms with Crippen molar-refractivity contribution in [2.75, 3.05) is 20.0 Å². The lowest BCUT2D eigenvalue weighted by Crippen LogP contribution is -2.02. The Kier molecular flexibility index (Phi) is 5.86. The second-order valence-corrected chi connectivity index (χ2v) is 6.40. The summed E-state index contributed by atoms with van der Waals surface area (Å²) in [5.74, 6) is 1.80. The first-order valence-electron chi connectivity index (χ1n) is 7.98. The number of ketones is 1. The minimum absolute atomic E-state index is 0.0657. The van der Waals surface area contributed by atoms with Crippen molar-refractivity contribution in [2.24, 2.45) is 0 Å². The van der Waals surface area contributed by atoms with E-state index in [1.807, 2.05) is 60.7 Å². The summed E-state index contributed by atoms with van der Waals surface area (Å²) in [5.41, 5.74) is 2.18. The molecule has 5 nitrogen and oxygen atoms in total. The minimum Gasteiger partial charge on any atom is -0.497 e. The Morgan fingerprint density at radius 1 is 0.962 bits per heavy atom. The molecule has 0 fully saturated rings. The summed E-state index contributed by atoms with van der Waals surface area (Å²) in [4.78, 5) is 12.2. The van der Waals surface area contributed by atoms with Crippen LogP contribution in [0.5, 0.6) is 11.5 Å². The number of methoxy groups -OCH3 is 2. The molecule has 0 spiro atoms. The van der Waals surface area contributed by atoms with Crippen molar-refractivity contribution in [1.29, 1.82) is 0 Å². The quantitative estimate of drug-likeness (QED) is 0.463. The number of rotatable bonds is 7. The minimum atomic E-state index is 0.0657. The lowest BCUT2D eigenvalue weighted by molar-refractivity contribution is 0.102. The first kappa shape index (κ1) is 17.9. The van der Waals surface area contributed by atoms with Crippen molar-refractivity contribution in [3.63, 3.8) is 0 Å². The van der Waals surface area contributed by atoms with Gasteiger partial charge in [0.15, 0.2) is 5.78 Å². The van der Waals surface area contributed by atoms with E-state index in [0.29, 0.717) is 27.8 Å². The lowest BCUT2D eigenvalue weighted by atomic mass is 10.1. The topological polar surface area (TPSA) is 61.3 Å². The summed E-state index contributed by atoms with van der Waals surface area (Å²) in [5, 5.41) is 9.18. The first-order valence-corrected chi connectivity index (χ1v) is 8.97. The largest absolute Gasteiger partial charge is 0.497 e. The Balaban J connectivity index is 1.72. The molecule has 2 aromatic carbocycles. The molecule has 0 unspecified atom stereocenters. The normalized spacial score (nSPS) is 10.4. The van der Waals surface area contributed by atoms with Gasteiger partial charge in [0.2, 0.25) is 0 Å². The lowest BCUT2D eigenvalue weighted by Gasteiger charge is -2.09. The van der Waals surface area contributed by atoms with E-state index < -0.39 is 0 Å². The van der Waals surface area contributed by atoms with E-state index in [0.717, 1.165) is 11.3 Å². The molecule has 3 rings (SSSR count). The van der Waals surface area contributed by atoms with Crippen LogP contribution in [-0.4, -0.2) is 36.0 Å². The van der Waals surface area contributed by atoms with Crippen molar-refractivity contribution in [3.05, 3.63) is 66.2 Å². The van der Waals surface area contributed by atoms with Crippen LogP contribution in [0, 0.1) is 0 Å². The highest BCUT2D eigenvalue weighted by molar-refractivity contribution is 7.99. The number of ether oxygens (including phenoxy) is 2. The summed E-state index contributed by atoms with van der Waals surface area (Å²) in [6.45, 7) is 0. The van der Waals surface area contributed by atoms with Gasteiger partial charge < -0.3 is 9.47 Å². The van der Waals surface area contributed by atoms with Crippen molar-refractivity contribution < 1.29 is 14.3 Å². The molecule has 0 amide bonds. The zero-order valence-corrected chi connectivity index (χ0v) is 15.3. The Bertz CT molecular complexity index is 883. The number of Topliss-reactive ketones (excluding diaryl/α,β-unsaturated/α-hetero) is 1. The molecular formula is C20H18N2O3S. The predicted molar refractivity (Wildman–Crippen MR) is 102 cm³/mol. The van der Waals surface area contributed by atoms with Gasteiger partial charge in [-0.1, -0.05) is 42.1 Å². The summed E-state index contributed by atoms with van der Waals surface area (Å²) in [7, 11) is 3.22. The van der Waals surface area contributed by atoms with Crippen LogP contribution < -0.4 is 9.47 Å². The van der Waals surface area contributed by atoms with Gasteiger partial charge in [-0.05, 0) is 30.3 Å². The summed E-state index contributed by atoms with van der Waals surface area (Å²) >= 11 is 1.37. The number of hydrogen-bond acceptors (Lipinski definition) is 6. The molecule has 6 heteroatoms. The van der Waals surface area contributed by atoms with Crippen LogP contribution in [0.25, 0.3) is 11.3 Å². The van der Waals surface area contributed by atoms with E-state index in [4.69, 9.17) is 9.47 Å². The van der Waals surface area contributed by atoms with Crippen LogP contribution in [-0.2, 0) is 0 Å². The van der Waals surface area contributed by atoms with E-state index in [1.165, 1.54) is 11.8 Å². The molecular weight excluding hydrogens is 348 g/mol. The Morgan fingerprint density at radius 3 is 2.42 bits per heavy atom. The highest BCUT2D eigenvalue weighted by Crippen LogP contribution is 2.32. The third-order valence-electron chi connectivity index (χ3n) is 3.77. The number of benzene rings is 2. The Hall–Kier alpha value is -2.86. The van der Waals surface area contributed by atoms with E-state index in [9.17, 15) is 4.79 Å². The molecule has 1 heterocycles. The highest BCUT2D eigenvalue weighted by atomic mass is 32.2. The van der Waals surface area contributed by atoms with Gasteiger partial charge in [-0.3, -0.25) is 4.79 Å². The van der Waals surface area contributed by atoms with Crippen LogP contribution >= 0.6 is 11.8 Å². The fourth-order valence-corrected chi connectivity index (χ4v) is 3.11. The molecule has 0 aliphatic heterocycles. The molecule has 132 valence electrons. The van der Waals surface area contributed by atoms with Gasteiger partial charge in [-0.2, -0.15) is 0 Å². The van der Waals surface area contributed by atoms with Crippen LogP contribution in [0.3, 0.4) is 0 Å². The second-order valence-electron chi connectivity index (χ2n) is 5.40. The Labute approximate surface area is 156 Å². The number of hydrogen-bond donors (Lipinski definition) is 0. The van der Waals surface area contributed by atoms with Gasteiger partial charge in [-0.15, -0.1) is 10.2 Å². The van der Waals surface area contributed by atoms with Crippen molar-refractivity contribution in [3.8, 4) is 22.8 Å². The van der Waals surface area contributed by atoms with Gasteiger partial charge in [-0.25, -0.2) is 0 Å². The molecule has 0 aliphatic carbocycles. The SMILES string of the molecule is COc1ccc(OC)c(-c2ccc(SCC(=O)c3ccccc3)nn2)c1. The zero-order chi connectivity index (χ0) is 18.4. The zero-order valence-electron chi connectivity index (χ0n) is 14.5. The van der Waals surface area contributed by atoms with Crippen LogP contribution in [0.15, 0.2) is 65.7 Å². The third-order valence-corrected chi connectivity index (χ3v) is 4.69.